The number of amides is 6. The maximum absolute atomic E-state index is 14.8. The van der Waals surface area contributed by atoms with Crippen LogP contribution in [0.1, 0.15) is 127 Å². The van der Waals surface area contributed by atoms with Crippen molar-refractivity contribution in [1.82, 2.24) is 30.7 Å². The summed E-state index contributed by atoms with van der Waals surface area (Å²) in [6, 6.07) is -1.17. The summed E-state index contributed by atoms with van der Waals surface area (Å²) in [4.78, 5) is 119. The van der Waals surface area contributed by atoms with Crippen LogP contribution >= 0.6 is 0 Å². The van der Waals surface area contributed by atoms with Gasteiger partial charge in [-0.05, 0) is 79.9 Å². The average Bonchev–Trinajstić information content (AvgIpc) is 3.80. The molecule has 2 saturated heterocycles. The number of rotatable bonds is 15. The fourth-order valence-corrected chi connectivity index (χ4v) is 9.19. The lowest BCUT2D eigenvalue weighted by molar-refractivity contribution is -0.162. The molecule has 1 aromatic rings. The highest BCUT2D eigenvalue weighted by atomic mass is 16.5. The molecule has 0 saturated carbocycles. The number of nitrogens with two attached hydrogens (primary N) is 1. The van der Waals surface area contributed by atoms with E-state index in [-0.39, 0.29) is 62.3 Å². The molecule has 1 aromatic carbocycles. The van der Waals surface area contributed by atoms with Gasteiger partial charge in [0.15, 0.2) is 0 Å². The molecule has 6 amide bonds. The largest absolute Gasteiger partial charge is 0.497 e. The van der Waals surface area contributed by atoms with E-state index in [2.05, 4.69) is 16.0 Å². The van der Waals surface area contributed by atoms with E-state index in [0.717, 1.165) is 0 Å². The first-order chi connectivity index (χ1) is 32.7. The van der Waals surface area contributed by atoms with Crippen LogP contribution in [0.4, 0.5) is 0 Å². The molecule has 394 valence electrons. The topological polar surface area (TPSA) is 247 Å². The zero-order valence-electron chi connectivity index (χ0n) is 44.3. The first kappa shape index (κ1) is 59.2. The highest BCUT2D eigenvalue weighted by Crippen LogP contribution is 2.27. The Labute approximate surface area is 416 Å². The molecule has 11 atom stereocenters. The van der Waals surface area contributed by atoms with Crippen LogP contribution in [0, 0.1) is 35.5 Å². The first-order valence-electron chi connectivity index (χ1n) is 25.3. The summed E-state index contributed by atoms with van der Waals surface area (Å²) in [5.74, 6) is -6.44. The summed E-state index contributed by atoms with van der Waals surface area (Å²) in [5, 5.41) is 20.4. The number of carbonyl (C=O) groups is 8. The number of aliphatic hydroxyl groups excluding tert-OH is 1. The van der Waals surface area contributed by atoms with E-state index in [1.165, 1.54) is 42.8 Å². The van der Waals surface area contributed by atoms with Crippen molar-refractivity contribution in [2.75, 3.05) is 27.7 Å². The number of Topliss-reactive ketones (excluding diaryl/α,β-unsaturated/α-hetero) is 1. The van der Waals surface area contributed by atoms with E-state index < -0.39 is 120 Å². The van der Waals surface area contributed by atoms with Crippen LogP contribution in [0.15, 0.2) is 24.3 Å². The van der Waals surface area contributed by atoms with Crippen LogP contribution in [0.2, 0.25) is 0 Å². The molecular formula is C52H85N7O11. The summed E-state index contributed by atoms with van der Waals surface area (Å²) < 4.78 is 11.5. The molecule has 0 spiro atoms. The molecule has 0 aliphatic carbocycles. The van der Waals surface area contributed by atoms with Gasteiger partial charge < -0.3 is 51.0 Å². The maximum atomic E-state index is 14.8. The molecule has 2 aliphatic rings. The predicted octanol–water partition coefficient (Wildman–Crippen LogP) is 3.39. The second-order valence-electron chi connectivity index (χ2n) is 21.2. The van der Waals surface area contributed by atoms with Crippen molar-refractivity contribution < 1.29 is 52.9 Å². The number of benzene rings is 1. The van der Waals surface area contributed by atoms with Gasteiger partial charge in [0.2, 0.25) is 35.4 Å². The molecule has 70 heavy (non-hydrogen) atoms. The van der Waals surface area contributed by atoms with Crippen LogP contribution < -0.4 is 26.4 Å². The molecule has 1 unspecified atom stereocenters. The lowest BCUT2D eigenvalue weighted by Crippen LogP contribution is -2.62. The van der Waals surface area contributed by atoms with Crippen molar-refractivity contribution in [2.24, 2.45) is 41.2 Å². The zero-order valence-corrected chi connectivity index (χ0v) is 44.3. The zero-order chi connectivity index (χ0) is 52.9. The van der Waals surface area contributed by atoms with Gasteiger partial charge in [-0.2, -0.15) is 0 Å². The molecule has 2 aliphatic heterocycles. The van der Waals surface area contributed by atoms with Gasteiger partial charge in [0, 0.05) is 45.8 Å². The summed E-state index contributed by atoms with van der Waals surface area (Å²) in [7, 11) is 4.44. The molecule has 2 heterocycles. The van der Waals surface area contributed by atoms with Gasteiger partial charge >= 0.3 is 5.97 Å². The number of esters is 1. The second kappa shape index (κ2) is 26.9. The molecule has 18 nitrogen and oxygen atoms in total. The summed E-state index contributed by atoms with van der Waals surface area (Å²) in [5.41, 5.74) is 6.89. The van der Waals surface area contributed by atoms with E-state index in [1.807, 2.05) is 34.6 Å². The lowest BCUT2D eigenvalue weighted by Gasteiger charge is -2.36. The summed E-state index contributed by atoms with van der Waals surface area (Å²) >= 11 is 0. The monoisotopic (exact) mass is 984 g/mol. The highest BCUT2D eigenvalue weighted by Gasteiger charge is 2.44. The molecule has 0 radical (unpaired) electrons. The number of ketones is 1. The Bertz CT molecular complexity index is 1960. The minimum Gasteiger partial charge on any atom is -0.497 e. The van der Waals surface area contributed by atoms with Crippen LogP contribution in [-0.2, 0) is 49.5 Å². The predicted molar refractivity (Wildman–Crippen MR) is 266 cm³/mol. The number of hydrogen-bond donors (Lipinski definition) is 5. The highest BCUT2D eigenvalue weighted by molar-refractivity contribution is 5.96. The van der Waals surface area contributed by atoms with Crippen LogP contribution in [0.5, 0.6) is 5.75 Å². The lowest BCUT2D eigenvalue weighted by atomic mass is 9.85. The summed E-state index contributed by atoms with van der Waals surface area (Å²) in [6.07, 6.45) is -1.97. The number of carbonyl (C=O) groups excluding carboxylic acids is 8. The second-order valence-corrected chi connectivity index (χ2v) is 21.2. The standard InChI is InChI=1S/C52H85N7O11/c1-15-32(10)44-42(61)27-35(60)26-37(30(6)7)46(62)54-38(23-28(2)3)49(65)59-22-16-17-39(59)50(66)58(13)41(25-34-18-20-36(69-14)21-19-34)52(68)70-33(11)45(48(64)55-44)56-47(63)40(24-29(4)5)57(12)51(67)43(53)31(8)9/h18-21,28-33,37-45,61H,15-17,22-27,53H2,1-14H3,(H,54,62)(H,55,64)(H,56,63)/t32-,33+,37-,38-,39-,40?,41-,42-,43-,44+,45-/m0/s1. The Morgan fingerprint density at radius 2 is 1.56 bits per heavy atom. The smallest absolute Gasteiger partial charge is 0.329 e. The summed E-state index contributed by atoms with van der Waals surface area (Å²) in [6.45, 7) is 20.0. The number of cyclic esters (lactones) is 1. The van der Waals surface area contributed by atoms with E-state index in [0.29, 0.717) is 24.2 Å². The fourth-order valence-electron chi connectivity index (χ4n) is 9.19. The Morgan fingerprint density at radius 1 is 0.929 bits per heavy atom. The normalized spacial score (nSPS) is 26.3. The number of likely N-dealkylation sites (N-methyl/N-ethyl adjacent to an activating group) is 2. The minimum absolute atomic E-state index is 0.0444. The Morgan fingerprint density at radius 3 is 2.10 bits per heavy atom. The van der Waals surface area contributed by atoms with Gasteiger partial charge in [-0.1, -0.05) is 87.8 Å². The number of methoxy groups -OCH3 is 1. The Hall–Kier alpha value is -5.10. The maximum Gasteiger partial charge on any atom is 0.329 e. The van der Waals surface area contributed by atoms with Crippen LogP contribution in [0.25, 0.3) is 0 Å². The number of aliphatic hydroxyl groups is 1. The quantitative estimate of drug-likeness (QED) is 0.159. The van der Waals surface area contributed by atoms with Gasteiger partial charge in [0.25, 0.3) is 0 Å². The third-order valence-corrected chi connectivity index (χ3v) is 14.0. The van der Waals surface area contributed by atoms with Gasteiger partial charge in [-0.3, -0.25) is 33.6 Å². The van der Waals surface area contributed by atoms with E-state index >= 15 is 0 Å². The third-order valence-electron chi connectivity index (χ3n) is 14.0. The first-order valence-corrected chi connectivity index (χ1v) is 25.3. The molecule has 18 heteroatoms. The number of ether oxygens (including phenoxy) is 2. The molecular weight excluding hydrogens is 899 g/mol. The molecule has 3 rings (SSSR count). The molecule has 0 bridgehead atoms. The number of nitrogens with one attached hydrogen (secondary N) is 3. The minimum atomic E-state index is -1.63. The number of hydrogen-bond acceptors (Lipinski definition) is 12. The van der Waals surface area contributed by atoms with Crippen molar-refractivity contribution >= 4 is 47.2 Å². The van der Waals surface area contributed by atoms with Gasteiger partial charge in [0.1, 0.15) is 47.8 Å². The number of fused-ring (bicyclic) bond motifs is 1. The Kier molecular flexibility index (Phi) is 22.8. The van der Waals surface area contributed by atoms with Gasteiger partial charge in [0.05, 0.1) is 25.3 Å². The molecule has 0 aromatic heterocycles. The van der Waals surface area contributed by atoms with Crippen LogP contribution in [0.3, 0.4) is 0 Å². The average molecular weight is 984 g/mol. The van der Waals surface area contributed by atoms with Crippen molar-refractivity contribution in [3.63, 3.8) is 0 Å². The SMILES string of the molecule is CC[C@H](C)[C@H]1NC(=O)[C@@H](NC(=O)C(CC(C)C)N(C)C(=O)[C@@H](N)C(C)C)[C@@H](C)OC(=O)[C@H](Cc2ccc(OC)cc2)N(C)C(=O)[C@@H]2CCCN2C(=O)[C@H](CC(C)C)NC(=O)[C@H](C(C)C)CC(=O)C[C@@H]1O. The molecule has 6 N–H and O–H groups in total. The van der Waals surface area contributed by atoms with Crippen molar-refractivity contribution in [2.45, 2.75) is 182 Å². The van der Waals surface area contributed by atoms with Crippen LogP contribution in [-0.4, -0.2) is 149 Å². The van der Waals surface area contributed by atoms with Gasteiger partial charge in [-0.25, -0.2) is 4.79 Å². The van der Waals surface area contributed by atoms with E-state index in [4.69, 9.17) is 15.2 Å². The van der Waals surface area contributed by atoms with E-state index in [1.54, 1.807) is 58.9 Å². The third kappa shape index (κ3) is 16.0. The van der Waals surface area contributed by atoms with Gasteiger partial charge in [-0.15, -0.1) is 0 Å². The fraction of sp³-hybridized carbons (Fsp3) is 0.731. The van der Waals surface area contributed by atoms with Crippen molar-refractivity contribution in [3.05, 3.63) is 29.8 Å². The van der Waals surface area contributed by atoms with E-state index in [9.17, 15) is 43.5 Å². The van der Waals surface area contributed by atoms with Crippen molar-refractivity contribution in [3.8, 4) is 5.75 Å². The Balaban J connectivity index is 2.27. The number of nitrogens with zero attached hydrogens (tertiary/aromatic N) is 3. The van der Waals surface area contributed by atoms with Crippen molar-refractivity contribution in [1.29, 1.82) is 0 Å². The molecule has 2 fully saturated rings.